The quantitative estimate of drug-likeness (QED) is 0.732. The van der Waals surface area contributed by atoms with Gasteiger partial charge in [-0.2, -0.15) is 0 Å². The first-order valence-electron chi connectivity index (χ1n) is 6.49. The second-order valence-electron chi connectivity index (χ2n) is 4.85. The van der Waals surface area contributed by atoms with E-state index in [0.717, 1.165) is 23.0 Å². The van der Waals surface area contributed by atoms with Crippen molar-refractivity contribution in [1.82, 2.24) is 5.32 Å². The van der Waals surface area contributed by atoms with Gasteiger partial charge in [0.2, 0.25) is 0 Å². The lowest BCUT2D eigenvalue weighted by atomic mass is 10.1. The van der Waals surface area contributed by atoms with Gasteiger partial charge in [0.05, 0.1) is 0 Å². The third-order valence-corrected chi connectivity index (χ3v) is 3.74. The Kier molecular flexibility index (Phi) is 4.84. The molecule has 0 spiro atoms. The van der Waals surface area contributed by atoms with Crippen LogP contribution in [0.1, 0.15) is 37.3 Å². The van der Waals surface area contributed by atoms with Crippen molar-refractivity contribution in [3.63, 3.8) is 0 Å². The molecule has 1 atom stereocenters. The highest BCUT2D eigenvalue weighted by Gasteiger charge is 2.20. The summed E-state index contributed by atoms with van der Waals surface area (Å²) < 4.78 is 0. The van der Waals surface area contributed by atoms with Crippen LogP contribution in [0, 0.1) is 5.92 Å². The summed E-state index contributed by atoms with van der Waals surface area (Å²) in [5.74, 6) is 1.01. The van der Waals surface area contributed by atoms with Crippen LogP contribution >= 0.6 is 11.6 Å². The van der Waals surface area contributed by atoms with Crippen molar-refractivity contribution in [2.75, 3.05) is 13.1 Å². The lowest BCUT2D eigenvalue weighted by Gasteiger charge is -2.18. The fraction of sp³-hybridized carbons (Fsp3) is 0.571. The minimum absolute atomic E-state index is 0.183. The Balaban J connectivity index is 1.80. The van der Waals surface area contributed by atoms with E-state index < -0.39 is 0 Å². The van der Waals surface area contributed by atoms with E-state index in [9.17, 15) is 0 Å². The maximum absolute atomic E-state index is 6.18. The number of rotatable bonds is 7. The van der Waals surface area contributed by atoms with Crippen molar-refractivity contribution >= 4 is 11.6 Å². The molecule has 3 N–H and O–H groups in total. The van der Waals surface area contributed by atoms with Crippen LogP contribution in [0.2, 0.25) is 5.02 Å². The van der Waals surface area contributed by atoms with E-state index >= 15 is 0 Å². The molecular formula is C14H21ClN2. The Morgan fingerprint density at radius 2 is 2.12 bits per heavy atom. The summed E-state index contributed by atoms with van der Waals surface area (Å²) in [5, 5.41) is 4.30. The second-order valence-corrected chi connectivity index (χ2v) is 5.26. The standard InChI is InChI=1S/C14H21ClN2/c15-13-6-2-1-5-12(13)14(10-16)17-9-3-4-11-7-8-11/h1-2,5-6,11,14,17H,3-4,7-10,16H2. The third-order valence-electron chi connectivity index (χ3n) is 3.39. The van der Waals surface area contributed by atoms with Crippen LogP contribution in [0.25, 0.3) is 0 Å². The van der Waals surface area contributed by atoms with Crippen molar-refractivity contribution in [2.24, 2.45) is 11.7 Å². The highest BCUT2D eigenvalue weighted by molar-refractivity contribution is 6.31. The van der Waals surface area contributed by atoms with Crippen molar-refractivity contribution in [3.05, 3.63) is 34.9 Å². The Bertz CT molecular complexity index is 350. The number of nitrogens with two attached hydrogens (primary N) is 1. The smallest absolute Gasteiger partial charge is 0.0459 e. The molecule has 1 aromatic carbocycles. The Morgan fingerprint density at radius 3 is 2.76 bits per heavy atom. The van der Waals surface area contributed by atoms with Crippen LogP contribution in [-0.2, 0) is 0 Å². The molecule has 2 nitrogen and oxygen atoms in total. The van der Waals surface area contributed by atoms with E-state index in [-0.39, 0.29) is 6.04 Å². The van der Waals surface area contributed by atoms with Gasteiger partial charge in [0.25, 0.3) is 0 Å². The Labute approximate surface area is 109 Å². The zero-order chi connectivity index (χ0) is 12.1. The summed E-state index contributed by atoms with van der Waals surface area (Å²) >= 11 is 6.18. The number of hydrogen-bond donors (Lipinski definition) is 2. The molecular weight excluding hydrogens is 232 g/mol. The molecule has 1 aliphatic carbocycles. The summed E-state index contributed by atoms with van der Waals surface area (Å²) in [7, 11) is 0. The summed E-state index contributed by atoms with van der Waals surface area (Å²) in [6, 6.07) is 8.12. The second kappa shape index (κ2) is 6.39. The molecule has 0 aliphatic heterocycles. The van der Waals surface area contributed by atoms with Crippen LogP contribution in [-0.4, -0.2) is 13.1 Å². The van der Waals surface area contributed by atoms with E-state index in [1.54, 1.807) is 0 Å². The molecule has 1 aliphatic rings. The molecule has 1 unspecified atom stereocenters. The van der Waals surface area contributed by atoms with Gasteiger partial charge >= 0.3 is 0 Å². The molecule has 1 saturated carbocycles. The fourth-order valence-electron chi connectivity index (χ4n) is 2.15. The molecule has 94 valence electrons. The Hall–Kier alpha value is -0.570. The van der Waals surface area contributed by atoms with Gasteiger partial charge in [-0.05, 0) is 36.9 Å². The normalized spacial score (nSPS) is 17.1. The van der Waals surface area contributed by atoms with Gasteiger partial charge in [0.15, 0.2) is 0 Å². The van der Waals surface area contributed by atoms with E-state index in [1.807, 2.05) is 24.3 Å². The molecule has 1 aromatic rings. The minimum Gasteiger partial charge on any atom is -0.329 e. The van der Waals surface area contributed by atoms with Gasteiger partial charge in [0.1, 0.15) is 0 Å². The molecule has 0 saturated heterocycles. The Morgan fingerprint density at radius 1 is 1.35 bits per heavy atom. The predicted octanol–water partition coefficient (Wildman–Crippen LogP) is 3.12. The highest BCUT2D eigenvalue weighted by Crippen LogP contribution is 2.33. The summed E-state index contributed by atoms with van der Waals surface area (Å²) in [6.45, 7) is 1.62. The van der Waals surface area contributed by atoms with Crippen molar-refractivity contribution in [1.29, 1.82) is 0 Å². The van der Waals surface area contributed by atoms with Gasteiger partial charge in [-0.25, -0.2) is 0 Å². The summed E-state index contributed by atoms with van der Waals surface area (Å²) in [6.07, 6.45) is 5.47. The molecule has 1 fully saturated rings. The predicted molar refractivity (Wildman–Crippen MR) is 73.2 cm³/mol. The molecule has 0 amide bonds. The van der Waals surface area contributed by atoms with E-state index in [2.05, 4.69) is 5.32 Å². The number of benzene rings is 1. The zero-order valence-corrected chi connectivity index (χ0v) is 10.9. The van der Waals surface area contributed by atoms with Gasteiger partial charge < -0.3 is 11.1 Å². The molecule has 3 heteroatoms. The number of halogens is 1. The topological polar surface area (TPSA) is 38.0 Å². The zero-order valence-electron chi connectivity index (χ0n) is 10.2. The van der Waals surface area contributed by atoms with Gasteiger partial charge in [-0.1, -0.05) is 42.6 Å². The van der Waals surface area contributed by atoms with Gasteiger partial charge in [-0.3, -0.25) is 0 Å². The molecule has 0 radical (unpaired) electrons. The maximum atomic E-state index is 6.18. The van der Waals surface area contributed by atoms with Crippen LogP contribution in [0.4, 0.5) is 0 Å². The van der Waals surface area contributed by atoms with Crippen LogP contribution < -0.4 is 11.1 Å². The largest absolute Gasteiger partial charge is 0.329 e. The minimum atomic E-state index is 0.183. The molecule has 0 aromatic heterocycles. The lowest BCUT2D eigenvalue weighted by Crippen LogP contribution is -2.29. The molecule has 17 heavy (non-hydrogen) atoms. The first kappa shape index (κ1) is 12.9. The maximum Gasteiger partial charge on any atom is 0.0459 e. The van der Waals surface area contributed by atoms with Crippen molar-refractivity contribution < 1.29 is 0 Å². The number of hydrogen-bond acceptors (Lipinski definition) is 2. The van der Waals surface area contributed by atoms with E-state index in [4.69, 9.17) is 17.3 Å². The summed E-state index contributed by atoms with van der Waals surface area (Å²) in [4.78, 5) is 0. The SMILES string of the molecule is NCC(NCCCC1CC1)c1ccccc1Cl. The molecule has 2 rings (SSSR count). The fourth-order valence-corrected chi connectivity index (χ4v) is 2.42. The van der Waals surface area contributed by atoms with E-state index in [1.165, 1.54) is 25.7 Å². The van der Waals surface area contributed by atoms with Crippen LogP contribution in [0.3, 0.4) is 0 Å². The van der Waals surface area contributed by atoms with Crippen molar-refractivity contribution in [3.8, 4) is 0 Å². The molecule has 0 bridgehead atoms. The average Bonchev–Trinajstić information content (AvgIpc) is 3.15. The first-order chi connectivity index (χ1) is 8.31. The summed E-state index contributed by atoms with van der Waals surface area (Å²) in [5.41, 5.74) is 6.92. The first-order valence-corrected chi connectivity index (χ1v) is 6.87. The van der Waals surface area contributed by atoms with Crippen LogP contribution in [0.5, 0.6) is 0 Å². The molecule has 0 heterocycles. The monoisotopic (exact) mass is 252 g/mol. The highest BCUT2D eigenvalue weighted by atomic mass is 35.5. The van der Waals surface area contributed by atoms with Gasteiger partial charge in [-0.15, -0.1) is 0 Å². The van der Waals surface area contributed by atoms with Crippen LogP contribution in [0.15, 0.2) is 24.3 Å². The lowest BCUT2D eigenvalue weighted by molar-refractivity contribution is 0.512. The number of nitrogens with one attached hydrogen (secondary N) is 1. The third kappa shape index (κ3) is 3.98. The average molecular weight is 253 g/mol. The van der Waals surface area contributed by atoms with Gasteiger partial charge in [0, 0.05) is 17.6 Å². The van der Waals surface area contributed by atoms with Crippen molar-refractivity contribution in [2.45, 2.75) is 31.7 Å². The van der Waals surface area contributed by atoms with E-state index in [0.29, 0.717) is 6.54 Å².